The highest BCUT2D eigenvalue weighted by Gasteiger charge is 2.28. The number of carbonyl (C=O) groups is 1. The molecule has 9 heteroatoms. The number of aromatic nitrogens is 3. The van der Waals surface area contributed by atoms with Crippen LogP contribution in [0, 0.1) is 0 Å². The van der Waals surface area contributed by atoms with Gasteiger partial charge in [-0.1, -0.05) is 23.4 Å². The summed E-state index contributed by atoms with van der Waals surface area (Å²) in [4.78, 5) is 23.3. The van der Waals surface area contributed by atoms with Crippen molar-refractivity contribution in [1.82, 2.24) is 20.0 Å². The third kappa shape index (κ3) is 5.68. The first-order valence-electron chi connectivity index (χ1n) is 10.7. The van der Waals surface area contributed by atoms with Crippen LogP contribution in [0.5, 0.6) is 0 Å². The van der Waals surface area contributed by atoms with Gasteiger partial charge in [-0.3, -0.25) is 4.98 Å². The van der Waals surface area contributed by atoms with Crippen LogP contribution in [-0.2, 0) is 16.1 Å². The van der Waals surface area contributed by atoms with Gasteiger partial charge in [0.05, 0.1) is 19.8 Å². The lowest BCUT2D eigenvalue weighted by Crippen LogP contribution is -2.40. The van der Waals surface area contributed by atoms with Crippen LogP contribution in [0.1, 0.15) is 30.2 Å². The number of methoxy groups -OCH3 is 1. The minimum absolute atomic E-state index is 0.111. The number of amides is 2. The molecule has 9 nitrogen and oxygen atoms in total. The van der Waals surface area contributed by atoms with Crippen molar-refractivity contribution in [2.24, 2.45) is 0 Å². The molecule has 0 spiro atoms. The van der Waals surface area contributed by atoms with Crippen LogP contribution in [-0.4, -0.2) is 59.5 Å². The third-order valence-electron chi connectivity index (χ3n) is 5.35. The minimum Gasteiger partial charge on any atom is -0.382 e. The van der Waals surface area contributed by atoms with E-state index in [-0.39, 0.29) is 11.9 Å². The van der Waals surface area contributed by atoms with Gasteiger partial charge in [0.15, 0.2) is 0 Å². The number of hydrogen-bond acceptors (Lipinski definition) is 7. The Labute approximate surface area is 186 Å². The third-order valence-corrected chi connectivity index (χ3v) is 5.35. The molecule has 1 N–H and O–H groups in total. The largest absolute Gasteiger partial charge is 0.382 e. The molecule has 0 saturated carbocycles. The summed E-state index contributed by atoms with van der Waals surface area (Å²) >= 11 is 0. The van der Waals surface area contributed by atoms with E-state index in [1.807, 2.05) is 47.4 Å². The zero-order chi connectivity index (χ0) is 22.2. The zero-order valence-electron chi connectivity index (χ0n) is 18.1. The Balaban J connectivity index is 1.27. The maximum Gasteiger partial charge on any atom is 0.321 e. The standard InChI is InChI=1S/C23H27N5O4/c1-30-13-14-31-16-17-5-4-6-19(15-17)25-23(29)28-11-8-18(9-12-28)22-26-21(27-32-22)20-7-2-3-10-24-20/h2-7,10,15,18H,8-9,11-14,16H2,1H3,(H,25,29). The molecule has 1 aliphatic heterocycles. The average Bonchev–Trinajstić information content (AvgIpc) is 3.33. The molecule has 1 fully saturated rings. The van der Waals surface area contributed by atoms with Crippen LogP contribution in [0.25, 0.3) is 11.5 Å². The van der Waals surface area contributed by atoms with Gasteiger partial charge in [0.2, 0.25) is 11.7 Å². The monoisotopic (exact) mass is 437 g/mol. The van der Waals surface area contributed by atoms with E-state index in [0.29, 0.717) is 50.3 Å². The predicted molar refractivity (Wildman–Crippen MR) is 118 cm³/mol. The Morgan fingerprint density at radius 2 is 2.06 bits per heavy atom. The van der Waals surface area contributed by atoms with E-state index in [4.69, 9.17) is 14.0 Å². The van der Waals surface area contributed by atoms with Crippen molar-refractivity contribution >= 4 is 11.7 Å². The molecule has 1 aliphatic rings. The molecule has 168 valence electrons. The lowest BCUT2D eigenvalue weighted by Gasteiger charge is -2.30. The molecule has 4 rings (SSSR count). The van der Waals surface area contributed by atoms with E-state index in [2.05, 4.69) is 20.4 Å². The fourth-order valence-corrected chi connectivity index (χ4v) is 3.60. The Hall–Kier alpha value is -3.30. The maximum atomic E-state index is 12.7. The Kier molecular flexibility index (Phi) is 7.42. The fourth-order valence-electron chi connectivity index (χ4n) is 3.60. The van der Waals surface area contributed by atoms with E-state index in [0.717, 1.165) is 24.1 Å². The Bertz CT molecular complexity index is 1000. The number of pyridine rings is 1. The summed E-state index contributed by atoms with van der Waals surface area (Å²) in [5.41, 5.74) is 2.44. The van der Waals surface area contributed by atoms with Gasteiger partial charge in [0.25, 0.3) is 0 Å². The minimum atomic E-state index is -0.111. The second-order valence-electron chi connectivity index (χ2n) is 7.61. The number of carbonyl (C=O) groups excluding carboxylic acids is 1. The number of piperidine rings is 1. The molecule has 3 heterocycles. The van der Waals surface area contributed by atoms with Crippen LogP contribution in [0.2, 0.25) is 0 Å². The zero-order valence-corrected chi connectivity index (χ0v) is 18.1. The molecular weight excluding hydrogens is 410 g/mol. The van der Waals surface area contributed by atoms with E-state index < -0.39 is 0 Å². The highest BCUT2D eigenvalue weighted by molar-refractivity contribution is 5.89. The van der Waals surface area contributed by atoms with Crippen LogP contribution in [0.15, 0.2) is 53.2 Å². The molecule has 3 aromatic rings. The lowest BCUT2D eigenvalue weighted by atomic mass is 9.97. The average molecular weight is 438 g/mol. The number of nitrogens with zero attached hydrogens (tertiary/aromatic N) is 4. The highest BCUT2D eigenvalue weighted by atomic mass is 16.5. The van der Waals surface area contributed by atoms with Gasteiger partial charge in [0, 0.05) is 38.0 Å². The van der Waals surface area contributed by atoms with Crippen LogP contribution in [0.3, 0.4) is 0 Å². The number of hydrogen-bond donors (Lipinski definition) is 1. The molecule has 0 unspecified atom stereocenters. The summed E-state index contributed by atoms with van der Waals surface area (Å²) < 4.78 is 16.0. The number of likely N-dealkylation sites (tertiary alicyclic amines) is 1. The fraction of sp³-hybridized carbons (Fsp3) is 0.391. The van der Waals surface area contributed by atoms with Gasteiger partial charge in [-0.15, -0.1) is 0 Å². The number of rotatable bonds is 8. The normalized spacial score (nSPS) is 14.5. The Morgan fingerprint density at radius 1 is 1.19 bits per heavy atom. The molecule has 1 saturated heterocycles. The van der Waals surface area contributed by atoms with Crippen molar-refractivity contribution in [2.75, 3.05) is 38.7 Å². The highest BCUT2D eigenvalue weighted by Crippen LogP contribution is 2.28. The van der Waals surface area contributed by atoms with Crippen molar-refractivity contribution in [3.05, 3.63) is 60.1 Å². The van der Waals surface area contributed by atoms with Gasteiger partial charge in [-0.25, -0.2) is 4.79 Å². The summed E-state index contributed by atoms with van der Waals surface area (Å²) in [7, 11) is 1.64. The van der Waals surface area contributed by atoms with Crippen molar-refractivity contribution < 1.29 is 18.8 Å². The second kappa shape index (κ2) is 10.8. The van der Waals surface area contributed by atoms with Gasteiger partial charge in [-0.2, -0.15) is 4.98 Å². The molecular formula is C23H27N5O4. The van der Waals surface area contributed by atoms with Crippen molar-refractivity contribution in [3.8, 4) is 11.5 Å². The lowest BCUT2D eigenvalue weighted by molar-refractivity contribution is 0.0617. The summed E-state index contributed by atoms with van der Waals surface area (Å²) in [6.07, 6.45) is 3.24. The van der Waals surface area contributed by atoms with E-state index in [1.165, 1.54) is 0 Å². The summed E-state index contributed by atoms with van der Waals surface area (Å²) in [5.74, 6) is 1.23. The van der Waals surface area contributed by atoms with Crippen LogP contribution >= 0.6 is 0 Å². The number of benzene rings is 1. The first-order valence-corrected chi connectivity index (χ1v) is 10.7. The SMILES string of the molecule is COCCOCc1cccc(NC(=O)N2CCC(c3nc(-c4ccccn4)no3)CC2)c1. The topological polar surface area (TPSA) is 103 Å². The van der Waals surface area contributed by atoms with Gasteiger partial charge in [-0.05, 0) is 42.7 Å². The quantitative estimate of drug-likeness (QED) is 0.536. The molecule has 0 aliphatic carbocycles. The number of ether oxygens (including phenoxy) is 2. The van der Waals surface area contributed by atoms with Crippen LogP contribution in [0.4, 0.5) is 10.5 Å². The summed E-state index contributed by atoms with van der Waals surface area (Å²) in [6.45, 7) is 2.81. The molecule has 32 heavy (non-hydrogen) atoms. The molecule has 0 bridgehead atoms. The van der Waals surface area contributed by atoms with Crippen molar-refractivity contribution in [1.29, 1.82) is 0 Å². The number of anilines is 1. The van der Waals surface area contributed by atoms with E-state index in [1.54, 1.807) is 13.3 Å². The second-order valence-corrected chi connectivity index (χ2v) is 7.61. The smallest absolute Gasteiger partial charge is 0.321 e. The van der Waals surface area contributed by atoms with Crippen molar-refractivity contribution in [2.45, 2.75) is 25.4 Å². The molecule has 0 radical (unpaired) electrons. The summed E-state index contributed by atoms with van der Waals surface area (Å²) in [5, 5.41) is 7.03. The summed E-state index contributed by atoms with van der Waals surface area (Å²) in [6, 6.07) is 13.2. The molecule has 0 atom stereocenters. The van der Waals surface area contributed by atoms with Gasteiger partial charge < -0.3 is 24.2 Å². The van der Waals surface area contributed by atoms with Gasteiger partial charge in [0.1, 0.15) is 5.69 Å². The maximum absolute atomic E-state index is 12.7. The number of urea groups is 1. The molecule has 2 aromatic heterocycles. The predicted octanol–water partition coefficient (Wildman–Crippen LogP) is 3.71. The molecule has 2 amide bonds. The van der Waals surface area contributed by atoms with Crippen LogP contribution < -0.4 is 5.32 Å². The number of nitrogens with one attached hydrogen (secondary N) is 1. The van der Waals surface area contributed by atoms with E-state index in [9.17, 15) is 4.79 Å². The van der Waals surface area contributed by atoms with E-state index >= 15 is 0 Å². The van der Waals surface area contributed by atoms with Crippen molar-refractivity contribution in [3.63, 3.8) is 0 Å². The first-order chi connectivity index (χ1) is 15.7. The first kappa shape index (κ1) is 21.9. The van der Waals surface area contributed by atoms with Gasteiger partial charge >= 0.3 is 6.03 Å². The Morgan fingerprint density at radius 3 is 2.84 bits per heavy atom. The molecule has 1 aromatic carbocycles.